The molecule has 5 nitrogen and oxygen atoms in total. The van der Waals surface area contributed by atoms with E-state index >= 15 is 0 Å². The normalized spacial score (nSPS) is 19.7. The first-order chi connectivity index (χ1) is 11.0. The van der Waals surface area contributed by atoms with Crippen LogP contribution in [-0.4, -0.2) is 69.1 Å². The number of guanidine groups is 1. The van der Waals surface area contributed by atoms with Crippen molar-refractivity contribution in [2.24, 2.45) is 4.99 Å². The molecular formula is C16H26Cl2IN5. The fourth-order valence-electron chi connectivity index (χ4n) is 2.60. The number of hydrogen-bond donors (Lipinski definition) is 2. The van der Waals surface area contributed by atoms with Crippen molar-refractivity contribution in [3.05, 3.63) is 33.8 Å². The van der Waals surface area contributed by atoms with Gasteiger partial charge in [-0.25, -0.2) is 0 Å². The SMILES string of the molecule is CN=C(NCc1ccc(Cl)cc1Cl)NCC1CN(C)CCN1C.I. The number of rotatable bonds is 4. The Morgan fingerprint density at radius 1 is 1.25 bits per heavy atom. The van der Waals surface area contributed by atoms with Gasteiger partial charge in [0.05, 0.1) is 0 Å². The van der Waals surface area contributed by atoms with Crippen LogP contribution in [0.15, 0.2) is 23.2 Å². The van der Waals surface area contributed by atoms with E-state index in [2.05, 4.69) is 39.5 Å². The first-order valence-corrected chi connectivity index (χ1v) is 8.52. The molecule has 0 saturated carbocycles. The van der Waals surface area contributed by atoms with Crippen LogP contribution < -0.4 is 10.6 Å². The second-order valence-electron chi connectivity index (χ2n) is 5.94. The quantitative estimate of drug-likeness (QED) is 0.390. The van der Waals surface area contributed by atoms with E-state index in [4.69, 9.17) is 23.2 Å². The lowest BCUT2D eigenvalue weighted by Gasteiger charge is -2.37. The second-order valence-corrected chi connectivity index (χ2v) is 6.78. The zero-order valence-electron chi connectivity index (χ0n) is 14.4. The van der Waals surface area contributed by atoms with E-state index in [1.54, 1.807) is 13.1 Å². The standard InChI is InChI=1S/C16H25Cl2N5.HI/c1-19-16(20-9-12-4-5-13(17)8-15(12)18)21-10-14-11-22(2)6-7-23(14)3;/h4-5,8,14H,6-7,9-11H2,1-3H3,(H2,19,20,21);1H. The Labute approximate surface area is 171 Å². The van der Waals surface area contributed by atoms with E-state index in [0.29, 0.717) is 22.6 Å². The lowest BCUT2D eigenvalue weighted by Crippen LogP contribution is -2.55. The minimum atomic E-state index is 0. The van der Waals surface area contributed by atoms with Crippen LogP contribution in [0.4, 0.5) is 0 Å². The molecule has 0 aromatic heterocycles. The number of benzene rings is 1. The molecule has 1 saturated heterocycles. The highest BCUT2D eigenvalue weighted by molar-refractivity contribution is 14.0. The van der Waals surface area contributed by atoms with Gasteiger partial charge in [-0.3, -0.25) is 9.89 Å². The third-order valence-corrected chi connectivity index (χ3v) is 4.76. The van der Waals surface area contributed by atoms with Gasteiger partial charge in [0.15, 0.2) is 5.96 Å². The van der Waals surface area contributed by atoms with Gasteiger partial charge < -0.3 is 15.5 Å². The van der Waals surface area contributed by atoms with E-state index in [1.165, 1.54) is 0 Å². The van der Waals surface area contributed by atoms with E-state index in [1.807, 2.05) is 12.1 Å². The van der Waals surface area contributed by atoms with Crippen LogP contribution in [0.1, 0.15) is 5.56 Å². The Morgan fingerprint density at radius 3 is 2.67 bits per heavy atom. The van der Waals surface area contributed by atoms with Crippen molar-refractivity contribution in [2.75, 3.05) is 47.3 Å². The maximum absolute atomic E-state index is 6.19. The zero-order valence-corrected chi connectivity index (χ0v) is 18.2. The Kier molecular flexibility index (Phi) is 9.66. The summed E-state index contributed by atoms with van der Waals surface area (Å²) in [5.41, 5.74) is 0.994. The Balaban J connectivity index is 0.00000288. The Bertz CT molecular complexity index is 555. The molecule has 2 N–H and O–H groups in total. The minimum Gasteiger partial charge on any atom is -0.355 e. The molecule has 1 atom stereocenters. The highest BCUT2D eigenvalue weighted by atomic mass is 127. The van der Waals surface area contributed by atoms with Gasteiger partial charge >= 0.3 is 0 Å². The first kappa shape index (κ1) is 21.8. The zero-order chi connectivity index (χ0) is 16.8. The van der Waals surface area contributed by atoms with Gasteiger partial charge in [0.1, 0.15) is 0 Å². The molecule has 24 heavy (non-hydrogen) atoms. The predicted molar refractivity (Wildman–Crippen MR) is 114 cm³/mol. The number of halogens is 3. The van der Waals surface area contributed by atoms with Crippen molar-refractivity contribution in [3.8, 4) is 0 Å². The summed E-state index contributed by atoms with van der Waals surface area (Å²) >= 11 is 12.1. The average Bonchev–Trinajstić information content (AvgIpc) is 2.52. The van der Waals surface area contributed by atoms with Gasteiger partial charge in [-0.05, 0) is 31.8 Å². The van der Waals surface area contributed by atoms with E-state index in [9.17, 15) is 0 Å². The maximum Gasteiger partial charge on any atom is 0.191 e. The van der Waals surface area contributed by atoms with Crippen molar-refractivity contribution in [1.82, 2.24) is 20.4 Å². The van der Waals surface area contributed by atoms with Crippen molar-refractivity contribution in [2.45, 2.75) is 12.6 Å². The van der Waals surface area contributed by atoms with Crippen LogP contribution >= 0.6 is 47.2 Å². The van der Waals surface area contributed by atoms with Crippen molar-refractivity contribution in [1.29, 1.82) is 0 Å². The Morgan fingerprint density at radius 2 is 2.00 bits per heavy atom. The third kappa shape index (κ3) is 6.55. The van der Waals surface area contributed by atoms with E-state index < -0.39 is 0 Å². The molecule has 0 radical (unpaired) electrons. The molecule has 1 aliphatic rings. The van der Waals surface area contributed by atoms with Gasteiger partial charge in [0.25, 0.3) is 0 Å². The largest absolute Gasteiger partial charge is 0.355 e. The fraction of sp³-hybridized carbons (Fsp3) is 0.562. The highest BCUT2D eigenvalue weighted by Gasteiger charge is 2.22. The summed E-state index contributed by atoms with van der Waals surface area (Å²) in [6.07, 6.45) is 0. The van der Waals surface area contributed by atoms with E-state index in [-0.39, 0.29) is 24.0 Å². The molecule has 1 heterocycles. The summed E-state index contributed by atoms with van der Waals surface area (Å²) in [6.45, 7) is 4.73. The van der Waals surface area contributed by atoms with Crippen molar-refractivity contribution in [3.63, 3.8) is 0 Å². The first-order valence-electron chi connectivity index (χ1n) is 7.77. The summed E-state index contributed by atoms with van der Waals surface area (Å²) in [4.78, 5) is 9.01. The maximum atomic E-state index is 6.19. The summed E-state index contributed by atoms with van der Waals surface area (Å²) < 4.78 is 0. The van der Waals surface area contributed by atoms with Crippen molar-refractivity contribution < 1.29 is 0 Å². The van der Waals surface area contributed by atoms with Crippen LogP contribution in [0, 0.1) is 0 Å². The highest BCUT2D eigenvalue weighted by Crippen LogP contribution is 2.20. The number of likely N-dealkylation sites (N-methyl/N-ethyl adjacent to an activating group) is 2. The smallest absolute Gasteiger partial charge is 0.191 e. The molecule has 1 unspecified atom stereocenters. The number of nitrogens with one attached hydrogen (secondary N) is 2. The van der Waals surface area contributed by atoms with Crippen molar-refractivity contribution >= 4 is 53.1 Å². The summed E-state index contributed by atoms with van der Waals surface area (Å²) in [7, 11) is 6.11. The minimum absolute atomic E-state index is 0. The predicted octanol–water partition coefficient (Wildman–Crippen LogP) is 2.52. The molecular weight excluding hydrogens is 460 g/mol. The van der Waals surface area contributed by atoms with Gasteiger partial charge in [0.2, 0.25) is 0 Å². The van der Waals surface area contributed by atoms with Gasteiger partial charge in [-0.15, -0.1) is 24.0 Å². The van der Waals surface area contributed by atoms with Crippen LogP contribution in [0.25, 0.3) is 0 Å². The van der Waals surface area contributed by atoms with Crippen LogP contribution in [-0.2, 0) is 6.54 Å². The molecule has 0 amide bonds. The van der Waals surface area contributed by atoms with Gasteiger partial charge in [0, 0.05) is 55.9 Å². The van der Waals surface area contributed by atoms with Crippen LogP contribution in [0.5, 0.6) is 0 Å². The molecule has 8 heteroatoms. The molecule has 0 aliphatic carbocycles. The van der Waals surface area contributed by atoms with E-state index in [0.717, 1.165) is 37.7 Å². The number of nitrogens with zero attached hydrogens (tertiary/aromatic N) is 3. The molecule has 1 aromatic rings. The molecule has 0 spiro atoms. The Hall–Kier alpha value is -0.280. The average molecular weight is 486 g/mol. The fourth-order valence-corrected chi connectivity index (χ4v) is 3.08. The molecule has 1 fully saturated rings. The van der Waals surface area contributed by atoms with Gasteiger partial charge in [-0.1, -0.05) is 29.3 Å². The number of piperazine rings is 1. The lowest BCUT2D eigenvalue weighted by atomic mass is 10.2. The number of hydrogen-bond acceptors (Lipinski definition) is 3. The van der Waals surface area contributed by atoms with Crippen LogP contribution in [0.2, 0.25) is 10.0 Å². The van der Waals surface area contributed by atoms with Gasteiger partial charge in [-0.2, -0.15) is 0 Å². The number of aliphatic imine (C=N–C) groups is 1. The topological polar surface area (TPSA) is 42.9 Å². The third-order valence-electron chi connectivity index (χ3n) is 4.17. The monoisotopic (exact) mass is 485 g/mol. The summed E-state index contributed by atoms with van der Waals surface area (Å²) in [5, 5.41) is 7.99. The second kappa shape index (κ2) is 10.7. The van der Waals surface area contributed by atoms with Crippen LogP contribution in [0.3, 0.4) is 0 Å². The summed E-state index contributed by atoms with van der Waals surface area (Å²) in [6, 6.07) is 6.00. The molecule has 1 aliphatic heterocycles. The summed E-state index contributed by atoms with van der Waals surface area (Å²) in [5.74, 6) is 0.776. The molecule has 1 aromatic carbocycles. The molecule has 0 bridgehead atoms. The lowest BCUT2D eigenvalue weighted by molar-refractivity contribution is 0.116. The molecule has 136 valence electrons. The molecule has 2 rings (SSSR count).